The van der Waals surface area contributed by atoms with Gasteiger partial charge in [0.25, 0.3) is 5.91 Å². The summed E-state index contributed by atoms with van der Waals surface area (Å²) in [4.78, 5) is 33.9. The van der Waals surface area contributed by atoms with Crippen LogP contribution in [0, 0.1) is 16.0 Å². The van der Waals surface area contributed by atoms with Gasteiger partial charge in [0.15, 0.2) is 12.4 Å². The highest BCUT2D eigenvalue weighted by atomic mass is 35.5. The van der Waals surface area contributed by atoms with E-state index in [1.54, 1.807) is 0 Å². The maximum absolute atomic E-state index is 11.9. The van der Waals surface area contributed by atoms with E-state index in [2.05, 4.69) is 10.1 Å². The molecule has 0 radical (unpaired) electrons. The summed E-state index contributed by atoms with van der Waals surface area (Å²) in [6, 6.07) is 3.05. The summed E-state index contributed by atoms with van der Waals surface area (Å²) in [5, 5.41) is 13.6. The maximum atomic E-state index is 11.9. The van der Waals surface area contributed by atoms with Gasteiger partial charge in [0, 0.05) is 11.1 Å². The lowest BCUT2D eigenvalue weighted by Crippen LogP contribution is -2.44. The van der Waals surface area contributed by atoms with Crippen molar-refractivity contribution < 1.29 is 24.0 Å². The zero-order valence-electron chi connectivity index (χ0n) is 13.6. The van der Waals surface area contributed by atoms with E-state index >= 15 is 0 Å². The van der Waals surface area contributed by atoms with Gasteiger partial charge < -0.3 is 14.8 Å². The molecule has 9 heteroatoms. The number of carbonyl (C=O) groups excluding carboxylic acids is 2. The van der Waals surface area contributed by atoms with Gasteiger partial charge in [0.05, 0.1) is 12.0 Å². The van der Waals surface area contributed by atoms with Crippen molar-refractivity contribution in [1.82, 2.24) is 5.32 Å². The molecule has 0 unspecified atom stereocenters. The molecule has 0 aliphatic carbocycles. The summed E-state index contributed by atoms with van der Waals surface area (Å²) in [7, 11) is 1.23. The third-order valence-electron chi connectivity index (χ3n) is 3.00. The zero-order chi connectivity index (χ0) is 18.3. The quantitative estimate of drug-likeness (QED) is 0.434. The minimum absolute atomic E-state index is 0.0852. The maximum Gasteiger partial charge on any atom is 0.328 e. The number of amides is 1. The molecule has 0 bridgehead atoms. The normalized spacial score (nSPS) is 11.7. The second-order valence-electron chi connectivity index (χ2n) is 5.43. The summed E-state index contributed by atoms with van der Waals surface area (Å²) in [6.45, 7) is 3.32. The molecule has 1 aromatic rings. The van der Waals surface area contributed by atoms with Gasteiger partial charge in [0.2, 0.25) is 0 Å². The summed E-state index contributed by atoms with van der Waals surface area (Å²) in [5.74, 6) is -1.07. The highest BCUT2D eigenvalue weighted by Gasteiger charge is 2.23. The molecule has 1 aromatic carbocycles. The minimum atomic E-state index is -0.800. The van der Waals surface area contributed by atoms with E-state index in [-0.39, 0.29) is 22.4 Å². The summed E-state index contributed by atoms with van der Waals surface area (Å²) in [6.07, 6.45) is 0.402. The number of carbonyl (C=O) groups is 2. The monoisotopic (exact) mass is 358 g/mol. The number of ether oxygens (including phenoxy) is 2. The third-order valence-corrected chi connectivity index (χ3v) is 3.24. The number of esters is 1. The number of methoxy groups -OCH3 is 1. The van der Waals surface area contributed by atoms with Crippen molar-refractivity contribution in [2.45, 2.75) is 26.3 Å². The number of rotatable bonds is 8. The molecule has 8 nitrogen and oxygen atoms in total. The minimum Gasteiger partial charge on any atom is -0.477 e. The van der Waals surface area contributed by atoms with Crippen LogP contribution < -0.4 is 10.1 Å². The Morgan fingerprint density at radius 3 is 2.58 bits per heavy atom. The molecular formula is C15H19ClN2O6. The molecule has 0 fully saturated rings. The molecule has 1 amide bonds. The highest BCUT2D eigenvalue weighted by molar-refractivity contribution is 6.30. The van der Waals surface area contributed by atoms with Crippen LogP contribution >= 0.6 is 11.6 Å². The van der Waals surface area contributed by atoms with E-state index in [0.29, 0.717) is 6.42 Å². The number of benzene rings is 1. The van der Waals surface area contributed by atoms with Crippen molar-refractivity contribution in [3.8, 4) is 5.75 Å². The molecule has 1 rings (SSSR count). The third kappa shape index (κ3) is 6.04. The molecule has 132 valence electrons. The fourth-order valence-corrected chi connectivity index (χ4v) is 2.13. The topological polar surface area (TPSA) is 108 Å². The van der Waals surface area contributed by atoms with Crippen LogP contribution in [-0.4, -0.2) is 36.6 Å². The van der Waals surface area contributed by atoms with Gasteiger partial charge in [-0.05, 0) is 24.5 Å². The van der Waals surface area contributed by atoms with Crippen molar-refractivity contribution in [2.24, 2.45) is 5.92 Å². The number of nitrogens with zero attached hydrogens (tertiary/aromatic N) is 1. The van der Waals surface area contributed by atoms with Crippen molar-refractivity contribution in [3.63, 3.8) is 0 Å². The van der Waals surface area contributed by atoms with E-state index < -0.39 is 29.4 Å². The number of halogens is 1. The molecule has 0 aliphatic rings. The van der Waals surface area contributed by atoms with Gasteiger partial charge in [0.1, 0.15) is 6.04 Å². The number of nitrogens with one attached hydrogen (secondary N) is 1. The van der Waals surface area contributed by atoms with Crippen molar-refractivity contribution in [2.75, 3.05) is 13.7 Å². The SMILES string of the molecule is COC(=O)[C@H](CC(C)C)NC(=O)COc1ccc(Cl)cc1[N+](=O)[O-]. The zero-order valence-corrected chi connectivity index (χ0v) is 14.3. The van der Waals surface area contributed by atoms with Crippen LogP contribution in [0.2, 0.25) is 5.02 Å². The lowest BCUT2D eigenvalue weighted by atomic mass is 10.0. The lowest BCUT2D eigenvalue weighted by Gasteiger charge is -2.18. The Bertz CT molecular complexity index is 620. The van der Waals surface area contributed by atoms with E-state index in [1.165, 1.54) is 19.2 Å². The first-order chi connectivity index (χ1) is 11.2. The summed E-state index contributed by atoms with van der Waals surface area (Å²) >= 11 is 5.70. The summed E-state index contributed by atoms with van der Waals surface area (Å²) < 4.78 is 9.81. The highest BCUT2D eigenvalue weighted by Crippen LogP contribution is 2.29. The van der Waals surface area contributed by atoms with Crippen LogP contribution in [0.5, 0.6) is 5.75 Å². The van der Waals surface area contributed by atoms with Crippen LogP contribution in [-0.2, 0) is 14.3 Å². The Labute approximate surface area is 144 Å². The van der Waals surface area contributed by atoms with Crippen LogP contribution in [0.25, 0.3) is 0 Å². The standard InChI is InChI=1S/C15H19ClN2O6/c1-9(2)6-11(15(20)23-3)17-14(19)8-24-13-5-4-10(16)7-12(13)18(21)22/h4-5,7,9,11H,6,8H2,1-3H3,(H,17,19)/t11-/m0/s1. The van der Waals surface area contributed by atoms with Crippen LogP contribution in [0.3, 0.4) is 0 Å². The molecule has 24 heavy (non-hydrogen) atoms. The first-order valence-corrected chi connectivity index (χ1v) is 7.56. The number of hydrogen-bond donors (Lipinski definition) is 1. The molecular weight excluding hydrogens is 340 g/mol. The molecule has 1 atom stereocenters. The number of nitro benzene ring substituents is 1. The molecule has 0 saturated carbocycles. The largest absolute Gasteiger partial charge is 0.477 e. The van der Waals surface area contributed by atoms with Gasteiger partial charge in [-0.3, -0.25) is 14.9 Å². The molecule has 0 saturated heterocycles. The Kier molecular flexibility index (Phi) is 7.44. The van der Waals surface area contributed by atoms with Gasteiger partial charge in [-0.2, -0.15) is 0 Å². The van der Waals surface area contributed by atoms with Crippen LogP contribution in [0.4, 0.5) is 5.69 Å². The molecule has 0 spiro atoms. The first kappa shape index (κ1) is 19.7. The molecule has 1 N–H and O–H groups in total. The van der Waals surface area contributed by atoms with E-state index in [9.17, 15) is 19.7 Å². The molecule has 0 aliphatic heterocycles. The Morgan fingerprint density at radius 1 is 1.38 bits per heavy atom. The van der Waals surface area contributed by atoms with Crippen molar-refractivity contribution in [3.05, 3.63) is 33.3 Å². The van der Waals surface area contributed by atoms with E-state index in [1.807, 2.05) is 13.8 Å². The Balaban J connectivity index is 2.71. The van der Waals surface area contributed by atoms with Gasteiger partial charge >= 0.3 is 11.7 Å². The predicted octanol–water partition coefficient (Wildman–Crippen LogP) is 2.33. The van der Waals surface area contributed by atoms with Crippen LogP contribution in [0.15, 0.2) is 18.2 Å². The van der Waals surface area contributed by atoms with E-state index in [0.717, 1.165) is 6.07 Å². The second-order valence-corrected chi connectivity index (χ2v) is 5.87. The second kappa shape index (κ2) is 9.07. The average molecular weight is 359 g/mol. The summed E-state index contributed by atoms with van der Waals surface area (Å²) in [5.41, 5.74) is -0.345. The Hall–Kier alpha value is -2.35. The van der Waals surface area contributed by atoms with E-state index in [4.69, 9.17) is 16.3 Å². The molecule has 0 aromatic heterocycles. The fraction of sp³-hybridized carbons (Fsp3) is 0.467. The fourth-order valence-electron chi connectivity index (χ4n) is 1.96. The van der Waals surface area contributed by atoms with Crippen molar-refractivity contribution >= 4 is 29.2 Å². The Morgan fingerprint density at radius 2 is 2.04 bits per heavy atom. The van der Waals surface area contributed by atoms with Crippen molar-refractivity contribution in [1.29, 1.82) is 0 Å². The number of nitro groups is 1. The van der Waals surface area contributed by atoms with Gasteiger partial charge in [-0.15, -0.1) is 0 Å². The average Bonchev–Trinajstić information content (AvgIpc) is 2.51. The van der Waals surface area contributed by atoms with Gasteiger partial charge in [-0.1, -0.05) is 25.4 Å². The molecule has 0 heterocycles. The van der Waals surface area contributed by atoms with Gasteiger partial charge in [-0.25, -0.2) is 4.79 Å². The number of hydrogen-bond acceptors (Lipinski definition) is 6. The smallest absolute Gasteiger partial charge is 0.328 e. The van der Waals surface area contributed by atoms with Crippen LogP contribution in [0.1, 0.15) is 20.3 Å². The predicted molar refractivity (Wildman–Crippen MR) is 87.0 cm³/mol. The first-order valence-electron chi connectivity index (χ1n) is 7.18. The lowest BCUT2D eigenvalue weighted by molar-refractivity contribution is -0.385.